The van der Waals surface area contributed by atoms with E-state index in [2.05, 4.69) is 9.64 Å². The Bertz CT molecular complexity index is 370. The molecule has 0 radical (unpaired) electrons. The van der Waals surface area contributed by atoms with Gasteiger partial charge in [0.25, 0.3) is 0 Å². The summed E-state index contributed by atoms with van der Waals surface area (Å²) in [6, 6.07) is 6.73. The highest BCUT2D eigenvalue weighted by Crippen LogP contribution is 2.23. The van der Waals surface area contributed by atoms with Crippen LogP contribution in [0.4, 0.5) is 14.5 Å². The van der Waals surface area contributed by atoms with E-state index in [0.29, 0.717) is 0 Å². The second-order valence-electron chi connectivity index (χ2n) is 3.77. The highest BCUT2D eigenvalue weighted by molar-refractivity contribution is 6.13. The van der Waals surface area contributed by atoms with Crippen LogP contribution in [-0.4, -0.2) is 37.2 Å². The van der Waals surface area contributed by atoms with Crippen molar-refractivity contribution in [1.29, 1.82) is 0 Å². The van der Waals surface area contributed by atoms with Crippen LogP contribution in [0.5, 0.6) is 5.75 Å². The lowest BCUT2D eigenvalue weighted by Gasteiger charge is -2.32. The van der Waals surface area contributed by atoms with Gasteiger partial charge >= 0.3 is 6.61 Å². The SMILES string of the molecule is FC(F)Oc1cccc(N2CCN(Cl)CC2)c1. The van der Waals surface area contributed by atoms with Crippen molar-refractivity contribution in [2.24, 2.45) is 0 Å². The zero-order chi connectivity index (χ0) is 12.3. The van der Waals surface area contributed by atoms with Crippen LogP contribution in [0.1, 0.15) is 0 Å². The van der Waals surface area contributed by atoms with E-state index < -0.39 is 6.61 Å². The zero-order valence-corrected chi connectivity index (χ0v) is 9.91. The first kappa shape index (κ1) is 12.4. The molecular formula is C11H13ClF2N2O. The lowest BCUT2D eigenvalue weighted by Crippen LogP contribution is -2.42. The minimum absolute atomic E-state index is 0.186. The maximum absolute atomic E-state index is 12.1. The van der Waals surface area contributed by atoms with Gasteiger partial charge in [0, 0.05) is 37.9 Å². The van der Waals surface area contributed by atoms with Crippen molar-refractivity contribution in [2.75, 3.05) is 31.1 Å². The summed E-state index contributed by atoms with van der Waals surface area (Å²) in [6.07, 6.45) is 0. The minimum atomic E-state index is -2.79. The molecule has 1 aromatic rings. The Morgan fingerprint density at radius 2 is 1.88 bits per heavy atom. The van der Waals surface area contributed by atoms with Gasteiger partial charge < -0.3 is 9.64 Å². The van der Waals surface area contributed by atoms with E-state index in [1.807, 2.05) is 6.07 Å². The minimum Gasteiger partial charge on any atom is -0.435 e. The highest BCUT2D eigenvalue weighted by atomic mass is 35.5. The van der Waals surface area contributed by atoms with E-state index in [0.717, 1.165) is 31.9 Å². The number of rotatable bonds is 3. The maximum Gasteiger partial charge on any atom is 0.387 e. The molecule has 1 saturated heterocycles. The van der Waals surface area contributed by atoms with E-state index in [4.69, 9.17) is 11.8 Å². The summed E-state index contributed by atoms with van der Waals surface area (Å²) in [6.45, 7) is 0.275. The van der Waals surface area contributed by atoms with Crippen LogP contribution < -0.4 is 9.64 Å². The van der Waals surface area contributed by atoms with Crippen molar-refractivity contribution < 1.29 is 13.5 Å². The summed E-state index contributed by atoms with van der Waals surface area (Å²) >= 11 is 5.85. The van der Waals surface area contributed by atoms with Crippen molar-refractivity contribution in [2.45, 2.75) is 6.61 Å². The molecule has 0 bridgehead atoms. The van der Waals surface area contributed by atoms with Gasteiger partial charge in [0.05, 0.1) is 0 Å². The molecule has 0 N–H and O–H groups in total. The van der Waals surface area contributed by atoms with Crippen molar-refractivity contribution in [3.8, 4) is 5.75 Å². The van der Waals surface area contributed by atoms with E-state index >= 15 is 0 Å². The fourth-order valence-corrected chi connectivity index (χ4v) is 1.95. The number of nitrogens with zero attached hydrogens (tertiary/aromatic N) is 2. The zero-order valence-electron chi connectivity index (χ0n) is 9.15. The van der Waals surface area contributed by atoms with Gasteiger partial charge in [-0.2, -0.15) is 8.78 Å². The number of piperazine rings is 1. The summed E-state index contributed by atoms with van der Waals surface area (Å²) in [5, 5.41) is 0. The van der Waals surface area contributed by atoms with Crippen LogP contribution in [0.3, 0.4) is 0 Å². The Hall–Kier alpha value is -1.07. The van der Waals surface area contributed by atoms with Gasteiger partial charge in [0.15, 0.2) is 0 Å². The first-order valence-corrected chi connectivity index (χ1v) is 5.69. The number of benzene rings is 1. The molecule has 1 heterocycles. The lowest BCUT2D eigenvalue weighted by atomic mass is 10.2. The number of anilines is 1. The summed E-state index contributed by atoms with van der Waals surface area (Å²) in [5.41, 5.74) is 0.882. The molecule has 0 amide bonds. The number of ether oxygens (including phenoxy) is 1. The van der Waals surface area contributed by atoms with Gasteiger partial charge in [-0.1, -0.05) is 6.07 Å². The van der Waals surface area contributed by atoms with Gasteiger partial charge in [0.2, 0.25) is 0 Å². The van der Waals surface area contributed by atoms with Crippen molar-refractivity contribution in [3.63, 3.8) is 0 Å². The molecular weight excluding hydrogens is 250 g/mol. The predicted octanol–water partition coefficient (Wildman–Crippen LogP) is 2.56. The molecule has 0 atom stereocenters. The molecule has 0 unspecified atom stereocenters. The summed E-state index contributed by atoms with van der Waals surface area (Å²) < 4.78 is 30.3. The third-order valence-electron chi connectivity index (χ3n) is 2.63. The standard InChI is InChI=1S/C11H13ClF2N2O/c12-16-6-4-15(5-7-16)9-2-1-3-10(8-9)17-11(13)14/h1-3,8,11H,4-7H2. The Morgan fingerprint density at radius 1 is 1.18 bits per heavy atom. The van der Waals surface area contributed by atoms with Crippen LogP contribution in [-0.2, 0) is 0 Å². The number of halogens is 3. The van der Waals surface area contributed by atoms with E-state index in [1.165, 1.54) is 6.07 Å². The van der Waals surface area contributed by atoms with E-state index in [-0.39, 0.29) is 5.75 Å². The predicted molar refractivity (Wildman–Crippen MR) is 62.7 cm³/mol. The topological polar surface area (TPSA) is 15.7 Å². The third kappa shape index (κ3) is 3.44. The van der Waals surface area contributed by atoms with Crippen molar-refractivity contribution >= 4 is 17.5 Å². The number of hydrogen-bond acceptors (Lipinski definition) is 3. The highest BCUT2D eigenvalue weighted by Gasteiger charge is 2.16. The molecule has 1 aromatic carbocycles. The molecule has 1 aliphatic rings. The number of alkyl halides is 2. The summed E-state index contributed by atoms with van der Waals surface area (Å²) in [5.74, 6) is 0.186. The Morgan fingerprint density at radius 3 is 2.53 bits per heavy atom. The smallest absolute Gasteiger partial charge is 0.387 e. The van der Waals surface area contributed by atoms with Gasteiger partial charge in [-0.25, -0.2) is 4.42 Å². The Kier molecular flexibility index (Phi) is 4.02. The first-order valence-electron chi connectivity index (χ1n) is 5.36. The molecule has 0 saturated carbocycles. The number of hydrogen-bond donors (Lipinski definition) is 0. The lowest BCUT2D eigenvalue weighted by molar-refractivity contribution is -0.0498. The Balaban J connectivity index is 2.05. The molecule has 0 aromatic heterocycles. The molecule has 3 nitrogen and oxygen atoms in total. The normalized spacial score (nSPS) is 17.5. The molecule has 17 heavy (non-hydrogen) atoms. The van der Waals surface area contributed by atoms with Gasteiger partial charge in [-0.3, -0.25) is 0 Å². The molecule has 94 valence electrons. The second-order valence-corrected chi connectivity index (χ2v) is 4.25. The molecule has 6 heteroatoms. The van der Waals surface area contributed by atoms with Gasteiger partial charge in [-0.15, -0.1) is 0 Å². The van der Waals surface area contributed by atoms with Crippen LogP contribution in [0.25, 0.3) is 0 Å². The van der Waals surface area contributed by atoms with Crippen LogP contribution in [0, 0.1) is 0 Å². The van der Waals surface area contributed by atoms with Gasteiger partial charge in [-0.05, 0) is 23.9 Å². The summed E-state index contributed by atoms with van der Waals surface area (Å²) in [4.78, 5) is 2.09. The fourth-order valence-electron chi connectivity index (χ4n) is 1.80. The van der Waals surface area contributed by atoms with E-state index in [1.54, 1.807) is 16.6 Å². The molecule has 1 aliphatic heterocycles. The fraction of sp³-hybridized carbons (Fsp3) is 0.455. The molecule has 0 spiro atoms. The second kappa shape index (κ2) is 5.51. The summed E-state index contributed by atoms with van der Waals surface area (Å²) in [7, 11) is 0. The largest absolute Gasteiger partial charge is 0.435 e. The van der Waals surface area contributed by atoms with Crippen molar-refractivity contribution in [1.82, 2.24) is 4.42 Å². The maximum atomic E-state index is 12.1. The molecule has 0 aliphatic carbocycles. The van der Waals surface area contributed by atoms with Crippen LogP contribution in [0.15, 0.2) is 24.3 Å². The van der Waals surface area contributed by atoms with Crippen LogP contribution >= 0.6 is 11.8 Å². The average molecular weight is 263 g/mol. The molecule has 2 rings (SSSR count). The monoisotopic (exact) mass is 262 g/mol. The first-order chi connectivity index (χ1) is 8.15. The van der Waals surface area contributed by atoms with E-state index in [9.17, 15) is 8.78 Å². The van der Waals surface area contributed by atoms with Gasteiger partial charge in [0.1, 0.15) is 5.75 Å². The third-order valence-corrected chi connectivity index (χ3v) is 2.97. The Labute approximate surface area is 104 Å². The van der Waals surface area contributed by atoms with Crippen molar-refractivity contribution in [3.05, 3.63) is 24.3 Å². The quantitative estimate of drug-likeness (QED) is 0.779. The molecule has 1 fully saturated rings. The average Bonchev–Trinajstić information content (AvgIpc) is 2.29. The van der Waals surface area contributed by atoms with Crippen LogP contribution in [0.2, 0.25) is 0 Å².